The molecule has 1 fully saturated rings. The predicted octanol–water partition coefficient (Wildman–Crippen LogP) is 5.45. The average Bonchev–Trinajstić information content (AvgIpc) is 3.36. The fourth-order valence-corrected chi connectivity index (χ4v) is 3.78. The van der Waals surface area contributed by atoms with Crippen LogP contribution in [0.25, 0.3) is 0 Å². The highest BCUT2D eigenvalue weighted by molar-refractivity contribution is 7.80. The molecule has 1 aliphatic rings. The summed E-state index contributed by atoms with van der Waals surface area (Å²) < 4.78 is 52.4. The van der Waals surface area contributed by atoms with Crippen LogP contribution in [0.4, 0.5) is 18.0 Å². The van der Waals surface area contributed by atoms with Gasteiger partial charge in [0.15, 0.2) is 5.56 Å². The molecule has 0 radical (unpaired) electrons. The Hall–Kier alpha value is -2.20. The molecule has 0 N–H and O–H groups in total. The van der Waals surface area contributed by atoms with Gasteiger partial charge >= 0.3 is 12.3 Å². The van der Waals surface area contributed by atoms with Gasteiger partial charge in [-0.2, -0.15) is 13.2 Å². The third kappa shape index (κ3) is 5.94. The minimum absolute atomic E-state index is 0.412. The number of hydrogen-bond donors (Lipinski definition) is 1. The van der Waals surface area contributed by atoms with Gasteiger partial charge in [-0.25, -0.2) is 9.78 Å². The normalized spacial score (nSPS) is 19.3. The van der Waals surface area contributed by atoms with Crippen molar-refractivity contribution in [1.29, 1.82) is 0 Å². The van der Waals surface area contributed by atoms with Crippen LogP contribution in [0, 0.1) is 0 Å². The summed E-state index contributed by atoms with van der Waals surface area (Å²) in [6, 6.07) is 4.39. The molecular formula is C21H26F3N3O3S. The van der Waals surface area contributed by atoms with Gasteiger partial charge < -0.3 is 18.9 Å². The minimum Gasteiger partial charge on any atom is -0.444 e. The summed E-state index contributed by atoms with van der Waals surface area (Å²) in [5.41, 5.74) is -1.64. The molecule has 1 saturated heterocycles. The van der Waals surface area contributed by atoms with Gasteiger partial charge in [0.25, 0.3) is 0 Å². The Balaban J connectivity index is 1.90. The molecule has 2 heterocycles. The van der Waals surface area contributed by atoms with Crippen molar-refractivity contribution >= 4 is 18.7 Å². The predicted molar refractivity (Wildman–Crippen MR) is 111 cm³/mol. The highest BCUT2D eigenvalue weighted by Gasteiger charge is 2.40. The van der Waals surface area contributed by atoms with Crippen LogP contribution in [0.1, 0.15) is 56.4 Å². The van der Waals surface area contributed by atoms with Crippen LogP contribution in [0.3, 0.4) is 0 Å². The molecule has 1 amide bonds. The molecule has 3 unspecified atom stereocenters. The summed E-state index contributed by atoms with van der Waals surface area (Å²) in [5, 5.41) is 0. The Labute approximate surface area is 184 Å². The molecule has 1 aromatic carbocycles. The number of ether oxygens (including phenoxy) is 2. The van der Waals surface area contributed by atoms with Crippen LogP contribution in [0.15, 0.2) is 43.0 Å². The lowest BCUT2D eigenvalue weighted by molar-refractivity contribution is -0.137. The molecule has 3 rings (SSSR count). The van der Waals surface area contributed by atoms with Gasteiger partial charge in [-0.3, -0.25) is 0 Å². The summed E-state index contributed by atoms with van der Waals surface area (Å²) in [6.45, 7) is 5.82. The van der Waals surface area contributed by atoms with E-state index in [0.29, 0.717) is 18.5 Å². The van der Waals surface area contributed by atoms with Crippen LogP contribution in [-0.2, 0) is 15.7 Å². The summed E-state index contributed by atoms with van der Waals surface area (Å²) in [7, 11) is 0. The van der Waals surface area contributed by atoms with E-state index in [1.807, 2.05) is 0 Å². The van der Waals surface area contributed by atoms with Gasteiger partial charge in [0.05, 0.1) is 17.9 Å². The van der Waals surface area contributed by atoms with E-state index < -0.39 is 41.1 Å². The zero-order valence-corrected chi connectivity index (χ0v) is 18.4. The number of likely N-dealkylation sites (tertiary alicyclic amines) is 1. The number of hydrogen-bond acceptors (Lipinski definition) is 5. The second-order valence-electron chi connectivity index (χ2n) is 8.40. The minimum atomic E-state index is -4.44. The number of aromatic nitrogens is 2. The number of imidazole rings is 1. The smallest absolute Gasteiger partial charge is 0.416 e. The summed E-state index contributed by atoms with van der Waals surface area (Å²) >= 11 is 4.47. The van der Waals surface area contributed by atoms with E-state index in [0.717, 1.165) is 18.6 Å². The monoisotopic (exact) mass is 457 g/mol. The lowest BCUT2D eigenvalue weighted by Gasteiger charge is -2.34. The highest BCUT2D eigenvalue weighted by atomic mass is 32.1. The number of alkyl halides is 3. The zero-order valence-electron chi connectivity index (χ0n) is 17.5. The topological polar surface area (TPSA) is 56.6 Å². The molecule has 1 aromatic heterocycles. The number of benzene rings is 1. The number of halogens is 3. The van der Waals surface area contributed by atoms with Crippen LogP contribution < -0.4 is 0 Å². The van der Waals surface area contributed by atoms with E-state index in [4.69, 9.17) is 9.47 Å². The summed E-state index contributed by atoms with van der Waals surface area (Å²) in [4.78, 5) is 18.3. The fourth-order valence-electron chi connectivity index (χ4n) is 3.51. The van der Waals surface area contributed by atoms with Crippen LogP contribution in [-0.4, -0.2) is 38.7 Å². The first kappa shape index (κ1) is 23.5. The molecule has 31 heavy (non-hydrogen) atoms. The quantitative estimate of drug-likeness (QED) is 0.480. The number of carbonyl (C=O) groups excluding carboxylic acids is 1. The zero-order chi connectivity index (χ0) is 22.8. The van der Waals surface area contributed by atoms with Gasteiger partial charge in [-0.05, 0) is 51.3 Å². The SMILES string of the molecule is CC(C)(C)OC(=O)N1CCCC1C(OC(S)n1ccnc1)c1ccc(C(F)(F)F)cc1. The largest absolute Gasteiger partial charge is 0.444 e. The van der Waals surface area contributed by atoms with Crippen LogP contribution in [0.2, 0.25) is 0 Å². The highest BCUT2D eigenvalue weighted by Crippen LogP contribution is 2.38. The van der Waals surface area contributed by atoms with Crippen molar-refractivity contribution in [3.05, 3.63) is 54.1 Å². The third-order valence-corrected chi connectivity index (χ3v) is 5.28. The fraction of sp³-hybridized carbons (Fsp3) is 0.524. The van der Waals surface area contributed by atoms with Gasteiger partial charge in [0.2, 0.25) is 0 Å². The van der Waals surface area contributed by atoms with Crippen molar-refractivity contribution in [2.75, 3.05) is 6.54 Å². The van der Waals surface area contributed by atoms with E-state index >= 15 is 0 Å². The molecule has 0 spiro atoms. The van der Waals surface area contributed by atoms with E-state index in [-0.39, 0.29) is 0 Å². The Morgan fingerprint density at radius 2 is 1.90 bits per heavy atom. The number of nitrogens with zero attached hydrogens (tertiary/aromatic N) is 3. The van der Waals surface area contributed by atoms with Gasteiger partial charge in [-0.15, -0.1) is 12.6 Å². The average molecular weight is 458 g/mol. The number of carbonyl (C=O) groups is 1. The Bertz CT molecular complexity index is 867. The van der Waals surface area contributed by atoms with E-state index in [1.165, 1.54) is 18.5 Å². The number of amides is 1. The molecule has 0 saturated carbocycles. The Morgan fingerprint density at radius 3 is 2.45 bits per heavy atom. The first-order chi connectivity index (χ1) is 14.5. The maximum Gasteiger partial charge on any atom is 0.416 e. The summed E-state index contributed by atoms with van der Waals surface area (Å²) in [6.07, 6.45) is 0.498. The Morgan fingerprint density at radius 1 is 1.23 bits per heavy atom. The van der Waals surface area contributed by atoms with Gasteiger partial charge in [0.1, 0.15) is 11.7 Å². The third-order valence-electron chi connectivity index (χ3n) is 4.89. The lowest BCUT2D eigenvalue weighted by atomic mass is 9.99. The maximum atomic E-state index is 13.0. The van der Waals surface area contributed by atoms with Crippen molar-refractivity contribution in [3.8, 4) is 0 Å². The van der Waals surface area contributed by atoms with Gasteiger partial charge in [-0.1, -0.05) is 12.1 Å². The summed E-state index contributed by atoms with van der Waals surface area (Å²) in [5.74, 6) is 0. The standard InChI is InChI=1S/C21H26F3N3O3S/c1-20(2,3)30-18(28)27-11-4-5-16(27)17(29-19(31)26-12-10-25-13-26)14-6-8-15(9-7-14)21(22,23)24/h6-10,12-13,16-17,19,31H,4-5,11H2,1-3H3. The molecule has 3 atom stereocenters. The molecule has 0 aliphatic carbocycles. The lowest BCUT2D eigenvalue weighted by Crippen LogP contribution is -2.43. The molecule has 170 valence electrons. The van der Waals surface area contributed by atoms with Gasteiger partial charge in [0, 0.05) is 18.9 Å². The molecule has 6 nitrogen and oxygen atoms in total. The Kier molecular flexibility index (Phi) is 6.90. The van der Waals surface area contributed by atoms with E-state index in [9.17, 15) is 18.0 Å². The van der Waals surface area contributed by atoms with E-state index in [2.05, 4.69) is 17.6 Å². The van der Waals surface area contributed by atoms with Crippen molar-refractivity contribution < 1.29 is 27.4 Å². The van der Waals surface area contributed by atoms with Crippen molar-refractivity contribution in [1.82, 2.24) is 14.5 Å². The second-order valence-corrected chi connectivity index (χ2v) is 8.84. The molecule has 2 aromatic rings. The number of thiol groups is 1. The maximum absolute atomic E-state index is 13.0. The van der Waals surface area contributed by atoms with Crippen molar-refractivity contribution in [2.45, 2.75) is 63.1 Å². The second kappa shape index (κ2) is 9.12. The molecule has 10 heteroatoms. The molecule has 0 bridgehead atoms. The molecule has 1 aliphatic heterocycles. The first-order valence-electron chi connectivity index (χ1n) is 9.93. The van der Waals surface area contributed by atoms with Crippen LogP contribution >= 0.6 is 12.6 Å². The first-order valence-corrected chi connectivity index (χ1v) is 10.4. The van der Waals surface area contributed by atoms with Crippen molar-refractivity contribution in [3.63, 3.8) is 0 Å². The van der Waals surface area contributed by atoms with E-state index in [1.54, 1.807) is 42.6 Å². The molecular weight excluding hydrogens is 431 g/mol. The van der Waals surface area contributed by atoms with Crippen LogP contribution in [0.5, 0.6) is 0 Å². The van der Waals surface area contributed by atoms with Crippen molar-refractivity contribution in [2.24, 2.45) is 0 Å². The number of rotatable bonds is 5.